The summed E-state index contributed by atoms with van der Waals surface area (Å²) in [7, 11) is 0. The number of morpholine rings is 1. The molecule has 1 saturated heterocycles. The van der Waals surface area contributed by atoms with Crippen molar-refractivity contribution >= 4 is 11.8 Å². The molecule has 1 aromatic heterocycles. The molecule has 0 unspecified atom stereocenters. The number of hydrogen-bond acceptors (Lipinski definition) is 5. The standard InChI is InChI=1S/C20H23F3N4O2/c1-14(15-6-4-3-5-7-15)27-18-24-16(25-8-10-29-11-9-25)12-17(28)26(18)13-19(27,2)20(21,22)23/h3-7,12,14H,8-11,13H2,1-2H3/t14-,19+/m1/s1. The van der Waals surface area contributed by atoms with Crippen LogP contribution in [0.3, 0.4) is 0 Å². The van der Waals surface area contributed by atoms with Crippen molar-refractivity contribution in [3.8, 4) is 0 Å². The second-order valence-electron chi connectivity index (χ2n) is 7.67. The van der Waals surface area contributed by atoms with Crippen LogP contribution in [-0.4, -0.2) is 47.6 Å². The lowest BCUT2D eigenvalue weighted by Crippen LogP contribution is -2.56. The van der Waals surface area contributed by atoms with Crippen molar-refractivity contribution in [2.75, 3.05) is 36.1 Å². The van der Waals surface area contributed by atoms with Crippen molar-refractivity contribution < 1.29 is 17.9 Å². The van der Waals surface area contributed by atoms with Crippen molar-refractivity contribution in [1.82, 2.24) is 9.55 Å². The number of nitrogens with zero attached hydrogens (tertiary/aromatic N) is 4. The van der Waals surface area contributed by atoms with Crippen LogP contribution in [0, 0.1) is 0 Å². The van der Waals surface area contributed by atoms with Gasteiger partial charge in [-0.1, -0.05) is 30.3 Å². The summed E-state index contributed by atoms with van der Waals surface area (Å²) < 4.78 is 49.1. The third-order valence-corrected chi connectivity index (χ3v) is 5.80. The van der Waals surface area contributed by atoms with Crippen LogP contribution < -0.4 is 15.4 Å². The van der Waals surface area contributed by atoms with E-state index >= 15 is 0 Å². The number of fused-ring (bicyclic) bond motifs is 1. The predicted octanol–water partition coefficient (Wildman–Crippen LogP) is 2.98. The van der Waals surface area contributed by atoms with Gasteiger partial charge in [0.1, 0.15) is 5.82 Å². The van der Waals surface area contributed by atoms with Gasteiger partial charge in [0.2, 0.25) is 5.95 Å². The van der Waals surface area contributed by atoms with Crippen LogP contribution in [0.5, 0.6) is 0 Å². The molecule has 2 aliphatic rings. The third kappa shape index (κ3) is 3.27. The first-order valence-electron chi connectivity index (χ1n) is 9.58. The Morgan fingerprint density at radius 1 is 1.17 bits per heavy atom. The van der Waals surface area contributed by atoms with Gasteiger partial charge in [-0.25, -0.2) is 0 Å². The summed E-state index contributed by atoms with van der Waals surface area (Å²) in [6, 6.07) is 9.67. The molecule has 2 aromatic rings. The number of aromatic nitrogens is 2. The summed E-state index contributed by atoms with van der Waals surface area (Å²) in [5.74, 6) is 0.441. The Labute approximate surface area is 166 Å². The fourth-order valence-electron chi connectivity index (χ4n) is 4.08. The molecule has 2 aliphatic heterocycles. The average molecular weight is 408 g/mol. The molecule has 0 saturated carbocycles. The Morgan fingerprint density at radius 3 is 2.45 bits per heavy atom. The van der Waals surface area contributed by atoms with Crippen molar-refractivity contribution in [2.24, 2.45) is 0 Å². The van der Waals surface area contributed by atoms with Crippen LogP contribution in [-0.2, 0) is 11.3 Å². The predicted molar refractivity (Wildman–Crippen MR) is 103 cm³/mol. The Morgan fingerprint density at radius 2 is 1.83 bits per heavy atom. The van der Waals surface area contributed by atoms with Crippen LogP contribution >= 0.6 is 0 Å². The molecule has 0 radical (unpaired) electrons. The van der Waals surface area contributed by atoms with Gasteiger partial charge in [0.05, 0.1) is 25.8 Å². The SMILES string of the molecule is C[C@H](c1ccccc1)N1c2nc(N3CCOCC3)cc(=O)n2C[C@@]1(C)C(F)(F)F. The van der Waals surface area contributed by atoms with E-state index in [0.29, 0.717) is 32.1 Å². The zero-order chi connectivity index (χ0) is 20.8. The molecule has 9 heteroatoms. The van der Waals surface area contributed by atoms with Gasteiger partial charge in [-0.05, 0) is 19.4 Å². The number of halogens is 3. The highest BCUT2D eigenvalue weighted by molar-refractivity contribution is 5.52. The molecule has 0 N–H and O–H groups in total. The van der Waals surface area contributed by atoms with Crippen LogP contribution in [0.1, 0.15) is 25.5 Å². The molecule has 6 nitrogen and oxygen atoms in total. The Hall–Kier alpha value is -2.55. The number of benzene rings is 1. The van der Waals surface area contributed by atoms with E-state index in [2.05, 4.69) is 4.98 Å². The highest BCUT2D eigenvalue weighted by Gasteiger charge is 2.61. The molecule has 0 amide bonds. The second kappa shape index (κ2) is 7.05. The summed E-state index contributed by atoms with van der Waals surface area (Å²) in [6.45, 7) is 4.42. The fraction of sp³-hybridized carbons (Fsp3) is 0.500. The quantitative estimate of drug-likeness (QED) is 0.782. The maximum atomic E-state index is 14.2. The molecule has 1 fully saturated rings. The van der Waals surface area contributed by atoms with Gasteiger partial charge in [0.25, 0.3) is 5.56 Å². The van der Waals surface area contributed by atoms with Crippen LogP contribution in [0.2, 0.25) is 0 Å². The van der Waals surface area contributed by atoms with Crippen LogP contribution in [0.15, 0.2) is 41.2 Å². The third-order valence-electron chi connectivity index (χ3n) is 5.80. The van der Waals surface area contributed by atoms with Crippen LogP contribution in [0.4, 0.5) is 24.9 Å². The van der Waals surface area contributed by atoms with Gasteiger partial charge in [-0.15, -0.1) is 0 Å². The normalized spacial score (nSPS) is 23.2. The largest absolute Gasteiger partial charge is 0.413 e. The lowest BCUT2D eigenvalue weighted by molar-refractivity contribution is -0.183. The maximum absolute atomic E-state index is 14.2. The number of hydrogen-bond donors (Lipinski definition) is 0. The zero-order valence-electron chi connectivity index (χ0n) is 16.3. The topological polar surface area (TPSA) is 50.6 Å². The van der Waals surface area contributed by atoms with Gasteiger partial charge >= 0.3 is 6.18 Å². The Kier molecular flexibility index (Phi) is 4.80. The summed E-state index contributed by atoms with van der Waals surface area (Å²) in [4.78, 5) is 20.4. The lowest BCUT2D eigenvalue weighted by atomic mass is 9.96. The minimum atomic E-state index is -4.55. The molecule has 1 aromatic carbocycles. The lowest BCUT2D eigenvalue weighted by Gasteiger charge is -2.40. The molecule has 0 aliphatic carbocycles. The highest BCUT2D eigenvalue weighted by atomic mass is 19.4. The average Bonchev–Trinajstić information content (AvgIpc) is 3.03. The van der Waals surface area contributed by atoms with Crippen molar-refractivity contribution in [1.29, 1.82) is 0 Å². The molecule has 4 rings (SSSR count). The minimum Gasteiger partial charge on any atom is -0.378 e. The number of anilines is 2. The molecule has 3 heterocycles. The minimum absolute atomic E-state index is 0.0511. The molecule has 29 heavy (non-hydrogen) atoms. The molecular weight excluding hydrogens is 385 g/mol. The molecule has 0 bridgehead atoms. The fourth-order valence-corrected chi connectivity index (χ4v) is 4.08. The van der Waals surface area contributed by atoms with E-state index in [4.69, 9.17) is 4.74 Å². The van der Waals surface area contributed by atoms with E-state index in [0.717, 1.165) is 17.1 Å². The van der Waals surface area contributed by atoms with E-state index in [1.54, 1.807) is 31.2 Å². The van der Waals surface area contributed by atoms with Crippen molar-refractivity contribution in [2.45, 2.75) is 38.1 Å². The Balaban J connectivity index is 1.85. The first-order chi connectivity index (χ1) is 13.7. The first kappa shape index (κ1) is 19.8. The van der Waals surface area contributed by atoms with E-state index in [1.807, 2.05) is 11.0 Å². The zero-order valence-corrected chi connectivity index (χ0v) is 16.3. The van der Waals surface area contributed by atoms with Gasteiger partial charge in [-0.3, -0.25) is 9.36 Å². The summed E-state index contributed by atoms with van der Waals surface area (Å²) in [6.07, 6.45) is -4.55. The van der Waals surface area contributed by atoms with E-state index < -0.39 is 29.9 Å². The number of rotatable bonds is 3. The summed E-state index contributed by atoms with van der Waals surface area (Å²) >= 11 is 0. The molecule has 2 atom stereocenters. The van der Waals surface area contributed by atoms with Gasteiger partial charge in [0, 0.05) is 19.2 Å². The van der Waals surface area contributed by atoms with Gasteiger partial charge in [0.15, 0.2) is 5.54 Å². The first-order valence-corrected chi connectivity index (χ1v) is 9.58. The van der Waals surface area contributed by atoms with Crippen molar-refractivity contribution in [3.63, 3.8) is 0 Å². The molecule has 156 valence electrons. The number of ether oxygens (including phenoxy) is 1. The molecule has 0 spiro atoms. The maximum Gasteiger partial charge on any atom is 0.413 e. The molecular formula is C20H23F3N4O2. The van der Waals surface area contributed by atoms with Crippen molar-refractivity contribution in [3.05, 3.63) is 52.3 Å². The van der Waals surface area contributed by atoms with Gasteiger partial charge < -0.3 is 14.5 Å². The smallest absolute Gasteiger partial charge is 0.378 e. The van der Waals surface area contributed by atoms with E-state index in [9.17, 15) is 18.0 Å². The monoisotopic (exact) mass is 408 g/mol. The van der Waals surface area contributed by atoms with E-state index in [1.165, 1.54) is 11.0 Å². The highest BCUT2D eigenvalue weighted by Crippen LogP contribution is 2.47. The van der Waals surface area contributed by atoms with Gasteiger partial charge in [-0.2, -0.15) is 18.2 Å². The second-order valence-corrected chi connectivity index (χ2v) is 7.67. The summed E-state index contributed by atoms with van der Waals surface area (Å²) in [5.41, 5.74) is -2.00. The van der Waals surface area contributed by atoms with Crippen LogP contribution in [0.25, 0.3) is 0 Å². The summed E-state index contributed by atoms with van der Waals surface area (Å²) in [5, 5.41) is 0. The Bertz CT molecular complexity index is 941. The number of alkyl halides is 3. The van der Waals surface area contributed by atoms with E-state index in [-0.39, 0.29) is 5.95 Å².